The highest BCUT2D eigenvalue weighted by Crippen LogP contribution is 2.33. The van der Waals surface area contributed by atoms with Gasteiger partial charge >= 0.3 is 6.18 Å². The zero-order chi connectivity index (χ0) is 28.6. The van der Waals surface area contributed by atoms with E-state index < -0.39 is 60.1 Å². The van der Waals surface area contributed by atoms with Gasteiger partial charge in [-0.05, 0) is 42.0 Å². The number of nitrogens with one attached hydrogen (secondary N) is 1. The molecule has 0 amide bonds. The third-order valence-electron chi connectivity index (χ3n) is 6.20. The number of ether oxygens (including phenoxy) is 2. The van der Waals surface area contributed by atoms with E-state index in [1.165, 1.54) is 30.5 Å². The fourth-order valence-corrected chi connectivity index (χ4v) is 4.12. The second kappa shape index (κ2) is 10.8. The van der Waals surface area contributed by atoms with Gasteiger partial charge < -0.3 is 29.9 Å². The van der Waals surface area contributed by atoms with E-state index in [4.69, 9.17) is 14.9 Å². The zero-order valence-electron chi connectivity index (χ0n) is 20.4. The summed E-state index contributed by atoms with van der Waals surface area (Å²) in [5.41, 5.74) is -1.16. The van der Waals surface area contributed by atoms with E-state index in [-0.39, 0.29) is 11.4 Å². The van der Waals surface area contributed by atoms with Gasteiger partial charge in [-0.2, -0.15) is 23.4 Å². The van der Waals surface area contributed by atoms with Crippen LogP contribution < -0.4 is 10.2 Å². The molecule has 0 aliphatic carbocycles. The van der Waals surface area contributed by atoms with Crippen LogP contribution in [0.3, 0.4) is 0 Å². The van der Waals surface area contributed by atoms with E-state index in [1.807, 2.05) is 0 Å². The molecule has 4 aromatic rings. The molecule has 15 heteroatoms. The monoisotopic (exact) mass is 560 g/mol. The lowest BCUT2D eigenvalue weighted by Crippen LogP contribution is -2.60. The van der Waals surface area contributed by atoms with Crippen LogP contribution in [0.4, 0.5) is 13.2 Å². The summed E-state index contributed by atoms with van der Waals surface area (Å²) >= 11 is 0. The molecular formula is C25H23F3N6O6. The normalized spacial score (nSPS) is 23.6. The average Bonchev–Trinajstić information content (AvgIpc) is 3.35. The first-order valence-corrected chi connectivity index (χ1v) is 11.9. The maximum absolute atomic E-state index is 13.8. The molecule has 0 spiro atoms. The van der Waals surface area contributed by atoms with E-state index >= 15 is 0 Å². The number of benzene rings is 2. The van der Waals surface area contributed by atoms with Crippen LogP contribution in [-0.4, -0.2) is 83.4 Å². The lowest BCUT2D eigenvalue weighted by atomic mass is 9.99. The fraction of sp³-hybridized carbons (Fsp3) is 0.280. The Hall–Kier alpha value is -4.15. The molecule has 0 bridgehead atoms. The van der Waals surface area contributed by atoms with Gasteiger partial charge in [-0.25, -0.2) is 14.3 Å². The number of fused-ring (bicyclic) bond motifs is 1. The van der Waals surface area contributed by atoms with Crippen molar-refractivity contribution in [3.63, 3.8) is 0 Å². The summed E-state index contributed by atoms with van der Waals surface area (Å²) in [7, 11) is 0. The molecule has 2 aromatic heterocycles. The largest absolute Gasteiger partial charge is 0.462 e. The Bertz CT molecular complexity index is 1570. The van der Waals surface area contributed by atoms with Gasteiger partial charge in [0.1, 0.15) is 36.5 Å². The minimum Gasteiger partial charge on any atom is -0.462 e. The van der Waals surface area contributed by atoms with E-state index in [0.29, 0.717) is 11.3 Å². The summed E-state index contributed by atoms with van der Waals surface area (Å²) in [6.45, 7) is -0.603. The Morgan fingerprint density at radius 3 is 2.38 bits per heavy atom. The molecule has 1 aliphatic rings. The minimum absolute atomic E-state index is 0.148. The van der Waals surface area contributed by atoms with Crippen molar-refractivity contribution in [3.8, 4) is 11.4 Å². The molecule has 3 heterocycles. The molecule has 210 valence electrons. The lowest BCUT2D eigenvalue weighted by molar-refractivity contribution is -0.277. The van der Waals surface area contributed by atoms with Gasteiger partial charge in [0.15, 0.2) is 16.8 Å². The van der Waals surface area contributed by atoms with Gasteiger partial charge in [-0.3, -0.25) is 5.41 Å². The number of para-hydroxylation sites is 1. The number of halogens is 3. The summed E-state index contributed by atoms with van der Waals surface area (Å²) in [6.07, 6.45) is -9.63. The van der Waals surface area contributed by atoms with Crippen LogP contribution in [0, 0.1) is 5.41 Å². The van der Waals surface area contributed by atoms with Crippen LogP contribution in [0.25, 0.3) is 16.7 Å². The molecule has 12 nitrogen and oxygen atoms in total. The molecule has 5 N–H and O–H groups in total. The van der Waals surface area contributed by atoms with Crippen molar-refractivity contribution in [1.29, 1.82) is 5.41 Å². The van der Waals surface area contributed by atoms with E-state index in [1.54, 1.807) is 30.3 Å². The van der Waals surface area contributed by atoms with E-state index in [9.17, 15) is 33.6 Å². The first-order chi connectivity index (χ1) is 19.1. The third kappa shape index (κ3) is 5.20. The second-order valence-corrected chi connectivity index (χ2v) is 8.86. The molecule has 1 fully saturated rings. The van der Waals surface area contributed by atoms with Crippen molar-refractivity contribution < 1.29 is 43.1 Å². The van der Waals surface area contributed by atoms with Crippen molar-refractivity contribution in [2.75, 3.05) is 6.61 Å². The van der Waals surface area contributed by atoms with Crippen LogP contribution >= 0.6 is 0 Å². The quantitative estimate of drug-likeness (QED) is 0.215. The van der Waals surface area contributed by atoms with Crippen molar-refractivity contribution >= 4 is 17.2 Å². The Morgan fingerprint density at radius 1 is 1.02 bits per heavy atom. The van der Waals surface area contributed by atoms with Gasteiger partial charge in [0.25, 0.3) is 0 Å². The average molecular weight is 560 g/mol. The molecule has 2 aromatic carbocycles. The third-order valence-corrected chi connectivity index (χ3v) is 6.20. The molecule has 40 heavy (non-hydrogen) atoms. The van der Waals surface area contributed by atoms with E-state index in [2.05, 4.69) is 15.2 Å². The number of alkyl halides is 3. The predicted octanol–water partition coefficient (Wildman–Crippen LogP) is 0.781. The number of aliphatic hydroxyl groups excluding tert-OH is 4. The number of aromatic nitrogens is 4. The van der Waals surface area contributed by atoms with E-state index in [0.717, 1.165) is 15.7 Å². The lowest BCUT2D eigenvalue weighted by Gasteiger charge is -2.39. The Kier molecular flexibility index (Phi) is 7.39. The topological polar surface area (TPSA) is 171 Å². The summed E-state index contributed by atoms with van der Waals surface area (Å²) in [5.74, 6) is 0.210. The molecule has 1 aliphatic heterocycles. The van der Waals surface area contributed by atoms with Crippen LogP contribution in [0.1, 0.15) is 11.3 Å². The van der Waals surface area contributed by atoms with Gasteiger partial charge in [0.05, 0.1) is 23.9 Å². The maximum atomic E-state index is 13.8. The Labute approximate surface area is 223 Å². The first kappa shape index (κ1) is 27.4. The highest BCUT2D eigenvalue weighted by molar-refractivity contribution is 5.81. The van der Waals surface area contributed by atoms with Gasteiger partial charge in [0.2, 0.25) is 6.29 Å². The van der Waals surface area contributed by atoms with Crippen molar-refractivity contribution in [2.45, 2.75) is 36.9 Å². The molecule has 1 saturated heterocycles. The molecule has 5 atom stereocenters. The highest BCUT2D eigenvalue weighted by atomic mass is 19.4. The first-order valence-electron chi connectivity index (χ1n) is 11.9. The number of hydrogen-bond acceptors (Lipinski definition) is 10. The van der Waals surface area contributed by atoms with Gasteiger partial charge in [-0.1, -0.05) is 18.2 Å². The molecule has 0 saturated carbocycles. The standard InChI is InChI=1S/C25H23F3N6O6/c26-25(27,28)21-17-22(29)33(12-30-23(17)34(32-21)14-4-2-1-3-5-14)31-10-13-6-8-15(9-7-13)39-24-20(38)19(37)18(36)16(11-35)40-24/h1-10,12,16,18-20,24,29,35-38H,11H2. The zero-order valence-corrected chi connectivity index (χ0v) is 20.4. The highest BCUT2D eigenvalue weighted by Gasteiger charge is 2.44. The molecular weight excluding hydrogens is 537 g/mol. The van der Waals surface area contributed by atoms with Crippen molar-refractivity contribution in [3.05, 3.63) is 77.7 Å². The summed E-state index contributed by atoms with van der Waals surface area (Å²) in [4.78, 5) is 4.09. The van der Waals surface area contributed by atoms with Crippen LogP contribution in [0.5, 0.6) is 5.75 Å². The van der Waals surface area contributed by atoms with Crippen molar-refractivity contribution in [2.24, 2.45) is 5.10 Å². The summed E-state index contributed by atoms with van der Waals surface area (Å²) < 4.78 is 54.2. The SMILES string of the molecule is N=c1c2c(C(F)(F)F)nn(-c3ccccc3)c2ncn1N=Cc1ccc(OC2OC(CO)C(O)C(O)C2O)cc1. The van der Waals surface area contributed by atoms with Gasteiger partial charge in [0, 0.05) is 0 Å². The summed E-state index contributed by atoms with van der Waals surface area (Å²) in [6, 6.07) is 14.2. The minimum atomic E-state index is -4.84. The molecule has 0 radical (unpaired) electrons. The number of hydrogen-bond donors (Lipinski definition) is 5. The second-order valence-electron chi connectivity index (χ2n) is 8.86. The van der Waals surface area contributed by atoms with Crippen molar-refractivity contribution in [1.82, 2.24) is 19.4 Å². The fourth-order valence-electron chi connectivity index (χ4n) is 4.12. The van der Waals surface area contributed by atoms with Crippen LogP contribution in [-0.2, 0) is 10.9 Å². The number of nitrogens with zero attached hydrogens (tertiary/aromatic N) is 5. The number of rotatable bonds is 6. The molecule has 5 unspecified atom stereocenters. The smallest absolute Gasteiger partial charge is 0.436 e. The predicted molar refractivity (Wildman–Crippen MR) is 132 cm³/mol. The Balaban J connectivity index is 1.39. The van der Waals surface area contributed by atoms with Crippen LogP contribution in [0.15, 0.2) is 66.0 Å². The summed E-state index contributed by atoms with van der Waals surface area (Å²) in [5, 5.41) is 54.8. The van der Waals surface area contributed by atoms with Gasteiger partial charge in [-0.15, -0.1) is 0 Å². The van der Waals surface area contributed by atoms with Crippen LogP contribution in [0.2, 0.25) is 0 Å². The maximum Gasteiger partial charge on any atom is 0.436 e. The molecule has 5 rings (SSSR count). The Morgan fingerprint density at radius 2 is 1.73 bits per heavy atom. The number of aliphatic hydroxyl groups is 4.